The number of fused-ring (bicyclic) bond motifs is 1. The Morgan fingerprint density at radius 3 is 2.92 bits per heavy atom. The van der Waals surface area contributed by atoms with Crippen LogP contribution in [0.5, 0.6) is 11.5 Å². The van der Waals surface area contributed by atoms with Crippen LogP contribution in [-0.2, 0) is 0 Å². The number of halogens is 2. The Bertz CT molecular complexity index is 342. The van der Waals surface area contributed by atoms with Crippen molar-refractivity contribution in [2.45, 2.75) is 6.29 Å². The van der Waals surface area contributed by atoms with Crippen LogP contribution in [0.4, 0.5) is 0 Å². The quantitative estimate of drug-likeness (QED) is 0.846. The molecule has 1 aromatic carbocycles. The maximum absolute atomic E-state index is 8.80. The summed E-state index contributed by atoms with van der Waals surface area (Å²) in [6.45, 7) is -0.182. The third-order valence-electron chi connectivity index (χ3n) is 1.63. The van der Waals surface area contributed by atoms with E-state index in [0.717, 1.165) is 4.47 Å². The summed E-state index contributed by atoms with van der Waals surface area (Å²) in [6, 6.07) is 3.36. The monoisotopic (exact) mass is 264 g/mol. The van der Waals surface area contributed by atoms with Crippen molar-refractivity contribution in [1.82, 2.24) is 0 Å². The summed E-state index contributed by atoms with van der Waals surface area (Å²) in [6.07, 6.45) is -0.621. The van der Waals surface area contributed by atoms with Crippen molar-refractivity contribution in [3.63, 3.8) is 0 Å². The smallest absolute Gasteiger partial charge is 0.264 e. The second kappa shape index (κ2) is 3.36. The normalized spacial score (nSPS) is 19.2. The zero-order valence-electron chi connectivity index (χ0n) is 6.46. The number of benzene rings is 1. The van der Waals surface area contributed by atoms with E-state index < -0.39 is 6.29 Å². The summed E-state index contributed by atoms with van der Waals surface area (Å²) in [7, 11) is 0. The number of hydrogen-bond donors (Lipinski definition) is 1. The standard InChI is InChI=1S/C8H6BrClO3/c9-5-1-4(10)2-6-8(5)13-7(3-11)12-6/h1-2,7,11H,3H2. The Balaban J connectivity index is 2.40. The second-order valence-electron chi connectivity index (χ2n) is 2.56. The van der Waals surface area contributed by atoms with E-state index in [1.54, 1.807) is 12.1 Å². The molecule has 0 fully saturated rings. The first-order chi connectivity index (χ1) is 6.20. The van der Waals surface area contributed by atoms with E-state index in [-0.39, 0.29) is 6.61 Å². The van der Waals surface area contributed by atoms with Crippen LogP contribution in [0, 0.1) is 0 Å². The van der Waals surface area contributed by atoms with E-state index in [0.29, 0.717) is 16.5 Å². The number of aliphatic hydroxyl groups is 1. The molecule has 2 rings (SSSR count). The Morgan fingerprint density at radius 1 is 1.46 bits per heavy atom. The van der Waals surface area contributed by atoms with Gasteiger partial charge in [-0.15, -0.1) is 0 Å². The van der Waals surface area contributed by atoms with E-state index >= 15 is 0 Å². The molecule has 13 heavy (non-hydrogen) atoms. The molecule has 3 nitrogen and oxygen atoms in total. The molecule has 1 aromatic rings. The van der Waals surface area contributed by atoms with Gasteiger partial charge in [0.05, 0.1) is 4.47 Å². The minimum atomic E-state index is -0.621. The summed E-state index contributed by atoms with van der Waals surface area (Å²) in [4.78, 5) is 0. The van der Waals surface area contributed by atoms with E-state index in [2.05, 4.69) is 15.9 Å². The highest BCUT2D eigenvalue weighted by Gasteiger charge is 2.25. The molecular weight excluding hydrogens is 259 g/mol. The van der Waals surface area contributed by atoms with Gasteiger partial charge < -0.3 is 14.6 Å². The summed E-state index contributed by atoms with van der Waals surface area (Å²) in [5.41, 5.74) is 0. The summed E-state index contributed by atoms with van der Waals surface area (Å²) >= 11 is 9.08. The molecule has 1 unspecified atom stereocenters. The van der Waals surface area contributed by atoms with Crippen molar-refractivity contribution >= 4 is 27.5 Å². The average Bonchev–Trinajstić information content (AvgIpc) is 2.47. The fourth-order valence-corrected chi connectivity index (χ4v) is 1.99. The minimum Gasteiger partial charge on any atom is -0.448 e. The third kappa shape index (κ3) is 1.61. The van der Waals surface area contributed by atoms with Gasteiger partial charge in [0, 0.05) is 11.1 Å². The topological polar surface area (TPSA) is 38.7 Å². The van der Waals surface area contributed by atoms with Crippen LogP contribution in [-0.4, -0.2) is 18.0 Å². The molecule has 0 spiro atoms. The van der Waals surface area contributed by atoms with Gasteiger partial charge in [0.2, 0.25) is 0 Å². The van der Waals surface area contributed by atoms with Crippen LogP contribution in [0.25, 0.3) is 0 Å². The van der Waals surface area contributed by atoms with Crippen molar-refractivity contribution in [1.29, 1.82) is 0 Å². The number of aliphatic hydroxyl groups excluding tert-OH is 1. The molecule has 1 aliphatic rings. The van der Waals surface area contributed by atoms with Gasteiger partial charge in [-0.25, -0.2) is 0 Å². The van der Waals surface area contributed by atoms with Gasteiger partial charge in [-0.05, 0) is 22.0 Å². The highest BCUT2D eigenvalue weighted by atomic mass is 79.9. The van der Waals surface area contributed by atoms with Crippen LogP contribution in [0.3, 0.4) is 0 Å². The predicted octanol–water partition coefficient (Wildman–Crippen LogP) is 2.19. The van der Waals surface area contributed by atoms with Crippen molar-refractivity contribution in [3.05, 3.63) is 21.6 Å². The van der Waals surface area contributed by atoms with E-state index in [9.17, 15) is 0 Å². The fourth-order valence-electron chi connectivity index (χ4n) is 1.11. The lowest BCUT2D eigenvalue weighted by Crippen LogP contribution is -2.22. The molecule has 1 N–H and O–H groups in total. The molecule has 0 bridgehead atoms. The lowest BCUT2D eigenvalue weighted by atomic mass is 10.3. The highest BCUT2D eigenvalue weighted by molar-refractivity contribution is 9.10. The molecule has 0 radical (unpaired) electrons. The van der Waals surface area contributed by atoms with Gasteiger partial charge in [0.15, 0.2) is 11.5 Å². The summed E-state index contributed by atoms with van der Waals surface area (Å²) in [5.74, 6) is 1.14. The van der Waals surface area contributed by atoms with Crippen molar-refractivity contribution < 1.29 is 14.6 Å². The van der Waals surface area contributed by atoms with Crippen LogP contribution < -0.4 is 9.47 Å². The largest absolute Gasteiger partial charge is 0.448 e. The maximum atomic E-state index is 8.80. The molecule has 0 amide bonds. The molecule has 0 aliphatic carbocycles. The van der Waals surface area contributed by atoms with Crippen LogP contribution >= 0.6 is 27.5 Å². The molecule has 70 valence electrons. The zero-order chi connectivity index (χ0) is 9.42. The first kappa shape index (κ1) is 9.12. The highest BCUT2D eigenvalue weighted by Crippen LogP contribution is 2.42. The first-order valence-electron chi connectivity index (χ1n) is 3.64. The van der Waals surface area contributed by atoms with Gasteiger partial charge in [0.1, 0.15) is 6.61 Å². The molecular formula is C8H6BrClO3. The SMILES string of the molecule is OCC1Oc2cc(Cl)cc(Br)c2O1. The van der Waals surface area contributed by atoms with Gasteiger partial charge in [0.25, 0.3) is 6.29 Å². The fraction of sp³-hybridized carbons (Fsp3) is 0.250. The molecule has 1 heterocycles. The van der Waals surface area contributed by atoms with Crippen LogP contribution in [0.2, 0.25) is 5.02 Å². The number of ether oxygens (including phenoxy) is 2. The van der Waals surface area contributed by atoms with Gasteiger partial charge in [-0.3, -0.25) is 0 Å². The average molecular weight is 265 g/mol. The molecule has 0 saturated heterocycles. The molecule has 1 atom stereocenters. The Labute approximate surface area is 88.3 Å². The van der Waals surface area contributed by atoms with Crippen molar-refractivity contribution in [2.75, 3.05) is 6.61 Å². The Hall–Kier alpha value is -0.450. The van der Waals surface area contributed by atoms with E-state index in [1.165, 1.54) is 0 Å². The van der Waals surface area contributed by atoms with Gasteiger partial charge in [-0.2, -0.15) is 0 Å². The molecule has 0 aromatic heterocycles. The zero-order valence-corrected chi connectivity index (χ0v) is 8.80. The van der Waals surface area contributed by atoms with Crippen LogP contribution in [0.15, 0.2) is 16.6 Å². The lowest BCUT2D eigenvalue weighted by molar-refractivity contribution is -0.00104. The maximum Gasteiger partial charge on any atom is 0.264 e. The van der Waals surface area contributed by atoms with Gasteiger partial charge >= 0.3 is 0 Å². The molecule has 1 aliphatic heterocycles. The molecule has 0 saturated carbocycles. The Morgan fingerprint density at radius 2 is 2.23 bits per heavy atom. The van der Waals surface area contributed by atoms with Gasteiger partial charge in [-0.1, -0.05) is 11.6 Å². The third-order valence-corrected chi connectivity index (χ3v) is 2.44. The summed E-state index contributed by atoms with van der Waals surface area (Å²) in [5, 5.41) is 9.36. The number of rotatable bonds is 1. The summed E-state index contributed by atoms with van der Waals surface area (Å²) < 4.78 is 11.2. The molecule has 5 heteroatoms. The van der Waals surface area contributed by atoms with E-state index in [1.807, 2.05) is 0 Å². The lowest BCUT2D eigenvalue weighted by Gasteiger charge is -2.04. The van der Waals surface area contributed by atoms with Crippen molar-refractivity contribution in [2.24, 2.45) is 0 Å². The predicted molar refractivity (Wildman–Crippen MR) is 51.3 cm³/mol. The Kier molecular flexibility index (Phi) is 2.36. The number of hydrogen-bond acceptors (Lipinski definition) is 3. The minimum absolute atomic E-state index is 0.182. The second-order valence-corrected chi connectivity index (χ2v) is 3.85. The van der Waals surface area contributed by atoms with E-state index in [4.69, 9.17) is 26.2 Å². The first-order valence-corrected chi connectivity index (χ1v) is 4.81. The van der Waals surface area contributed by atoms with Crippen LogP contribution in [0.1, 0.15) is 0 Å². The van der Waals surface area contributed by atoms with Crippen molar-refractivity contribution in [3.8, 4) is 11.5 Å².